The molecule has 0 amide bonds. The Hall–Kier alpha value is -1.60. The van der Waals surface area contributed by atoms with Crippen LogP contribution in [0.3, 0.4) is 0 Å². The normalized spacial score (nSPS) is 9.40. The Morgan fingerprint density at radius 2 is 2.40 bits per heavy atom. The molecule has 0 aliphatic heterocycles. The minimum atomic E-state index is -0.378. The summed E-state index contributed by atoms with van der Waals surface area (Å²) in [5.41, 5.74) is 0.771. The first-order valence-electron chi connectivity index (χ1n) is 4.37. The van der Waals surface area contributed by atoms with E-state index in [0.717, 1.165) is 0 Å². The van der Waals surface area contributed by atoms with E-state index in [1.54, 1.807) is 6.92 Å². The molecule has 78 valence electrons. The minimum Gasteiger partial charge on any atom is -0.466 e. The number of rotatable bonds is 3. The molecular formula is C10H9ClN2O2. The predicted molar refractivity (Wildman–Crippen MR) is 54.3 cm³/mol. The van der Waals surface area contributed by atoms with E-state index in [0.29, 0.717) is 12.2 Å². The Labute approximate surface area is 92.4 Å². The topological polar surface area (TPSA) is 63.0 Å². The SMILES string of the molecule is CCOC(=O)Cc1cncc(C#N)c1Cl. The Balaban J connectivity index is 2.87. The molecule has 15 heavy (non-hydrogen) atoms. The summed E-state index contributed by atoms with van der Waals surface area (Å²) in [7, 11) is 0. The molecule has 1 heterocycles. The number of carbonyl (C=O) groups excluding carboxylic acids is 1. The van der Waals surface area contributed by atoms with Crippen molar-refractivity contribution < 1.29 is 9.53 Å². The summed E-state index contributed by atoms with van der Waals surface area (Å²) in [5.74, 6) is -0.378. The van der Waals surface area contributed by atoms with E-state index in [-0.39, 0.29) is 23.0 Å². The molecule has 0 radical (unpaired) electrons. The van der Waals surface area contributed by atoms with Crippen molar-refractivity contribution >= 4 is 17.6 Å². The molecule has 1 rings (SSSR count). The van der Waals surface area contributed by atoms with Gasteiger partial charge in [-0.3, -0.25) is 9.78 Å². The van der Waals surface area contributed by atoms with Crippen molar-refractivity contribution in [1.82, 2.24) is 4.98 Å². The average Bonchev–Trinajstić information content (AvgIpc) is 2.21. The highest BCUT2D eigenvalue weighted by molar-refractivity contribution is 6.32. The van der Waals surface area contributed by atoms with Gasteiger partial charge in [0.1, 0.15) is 6.07 Å². The van der Waals surface area contributed by atoms with Crippen LogP contribution in [0, 0.1) is 11.3 Å². The minimum absolute atomic E-state index is 0.0369. The van der Waals surface area contributed by atoms with Gasteiger partial charge < -0.3 is 4.74 Å². The van der Waals surface area contributed by atoms with E-state index < -0.39 is 0 Å². The molecule has 0 saturated heterocycles. The van der Waals surface area contributed by atoms with Gasteiger partial charge in [0.05, 0.1) is 23.6 Å². The lowest BCUT2D eigenvalue weighted by Crippen LogP contribution is -2.08. The second-order valence-corrected chi connectivity index (χ2v) is 3.13. The molecule has 0 bridgehead atoms. The molecule has 0 atom stereocenters. The van der Waals surface area contributed by atoms with E-state index in [4.69, 9.17) is 21.6 Å². The molecule has 0 aliphatic rings. The van der Waals surface area contributed by atoms with Crippen molar-refractivity contribution in [3.63, 3.8) is 0 Å². The van der Waals surface area contributed by atoms with E-state index >= 15 is 0 Å². The molecule has 0 unspecified atom stereocenters. The Bertz CT molecular complexity index is 412. The molecule has 0 aliphatic carbocycles. The summed E-state index contributed by atoms with van der Waals surface area (Å²) in [6, 6.07) is 1.89. The zero-order chi connectivity index (χ0) is 11.3. The number of pyridine rings is 1. The number of hydrogen-bond acceptors (Lipinski definition) is 4. The monoisotopic (exact) mass is 224 g/mol. The lowest BCUT2D eigenvalue weighted by molar-refractivity contribution is -0.142. The Kier molecular flexibility index (Phi) is 4.07. The van der Waals surface area contributed by atoms with Crippen LogP contribution in [0.25, 0.3) is 0 Å². The molecule has 0 saturated carbocycles. The van der Waals surface area contributed by atoms with E-state index in [9.17, 15) is 4.79 Å². The summed E-state index contributed by atoms with van der Waals surface area (Å²) in [5, 5.41) is 8.95. The van der Waals surface area contributed by atoms with Crippen molar-refractivity contribution in [3.8, 4) is 6.07 Å². The second kappa shape index (κ2) is 5.32. The first-order valence-corrected chi connectivity index (χ1v) is 4.75. The molecule has 1 aromatic heterocycles. The number of halogens is 1. The van der Waals surface area contributed by atoms with Gasteiger partial charge in [-0.1, -0.05) is 11.6 Å². The van der Waals surface area contributed by atoms with Crippen LogP contribution in [-0.2, 0) is 16.0 Å². The Morgan fingerprint density at radius 3 is 3.00 bits per heavy atom. The summed E-state index contributed by atoms with van der Waals surface area (Å²) >= 11 is 5.88. The van der Waals surface area contributed by atoms with Crippen LogP contribution in [0.15, 0.2) is 12.4 Å². The van der Waals surface area contributed by atoms with Gasteiger partial charge in [0.15, 0.2) is 0 Å². The lowest BCUT2D eigenvalue weighted by atomic mass is 10.1. The summed E-state index contributed by atoms with van der Waals surface area (Å²) in [4.78, 5) is 15.0. The summed E-state index contributed by atoms with van der Waals surface area (Å²) in [6.45, 7) is 2.05. The van der Waals surface area contributed by atoms with E-state index in [2.05, 4.69) is 4.98 Å². The number of ether oxygens (including phenoxy) is 1. The largest absolute Gasteiger partial charge is 0.466 e. The molecule has 0 aromatic carbocycles. The molecule has 0 spiro atoms. The number of aromatic nitrogens is 1. The van der Waals surface area contributed by atoms with Crippen LogP contribution in [0.1, 0.15) is 18.1 Å². The van der Waals surface area contributed by atoms with Gasteiger partial charge in [-0.05, 0) is 6.92 Å². The third-order valence-corrected chi connectivity index (χ3v) is 2.16. The maximum Gasteiger partial charge on any atom is 0.310 e. The van der Waals surface area contributed by atoms with Crippen LogP contribution < -0.4 is 0 Å². The number of nitrogens with zero attached hydrogens (tertiary/aromatic N) is 2. The Morgan fingerprint density at radius 1 is 1.67 bits per heavy atom. The highest BCUT2D eigenvalue weighted by Crippen LogP contribution is 2.19. The molecule has 5 heteroatoms. The van der Waals surface area contributed by atoms with Gasteiger partial charge in [0.2, 0.25) is 0 Å². The van der Waals surface area contributed by atoms with Crippen molar-refractivity contribution in [2.45, 2.75) is 13.3 Å². The smallest absolute Gasteiger partial charge is 0.310 e. The third kappa shape index (κ3) is 2.93. The predicted octanol–water partition coefficient (Wildman–Crippen LogP) is 1.71. The van der Waals surface area contributed by atoms with E-state index in [1.165, 1.54) is 12.4 Å². The van der Waals surface area contributed by atoms with Gasteiger partial charge in [0.25, 0.3) is 0 Å². The van der Waals surface area contributed by atoms with Crippen LogP contribution in [0.4, 0.5) is 0 Å². The molecule has 4 nitrogen and oxygen atoms in total. The van der Waals surface area contributed by atoms with Crippen molar-refractivity contribution in [2.75, 3.05) is 6.61 Å². The standard InChI is InChI=1S/C10H9ClN2O2/c1-2-15-9(14)3-7-5-13-6-8(4-12)10(7)11/h5-6H,2-3H2,1H3. The lowest BCUT2D eigenvalue weighted by Gasteiger charge is -2.04. The average molecular weight is 225 g/mol. The molecule has 1 aromatic rings. The fourth-order valence-corrected chi connectivity index (χ4v) is 1.26. The zero-order valence-corrected chi connectivity index (χ0v) is 8.91. The summed E-state index contributed by atoms with van der Waals surface area (Å²) in [6.07, 6.45) is 2.85. The maximum atomic E-state index is 11.2. The van der Waals surface area contributed by atoms with Crippen LogP contribution >= 0.6 is 11.6 Å². The van der Waals surface area contributed by atoms with Crippen molar-refractivity contribution in [3.05, 3.63) is 28.5 Å². The maximum absolute atomic E-state index is 11.2. The van der Waals surface area contributed by atoms with E-state index in [1.807, 2.05) is 6.07 Å². The van der Waals surface area contributed by atoms with Gasteiger partial charge in [-0.15, -0.1) is 0 Å². The highest BCUT2D eigenvalue weighted by Gasteiger charge is 2.11. The molecule has 0 N–H and O–H groups in total. The van der Waals surface area contributed by atoms with Crippen LogP contribution in [0.5, 0.6) is 0 Å². The number of nitriles is 1. The van der Waals surface area contributed by atoms with Crippen LogP contribution in [0.2, 0.25) is 5.02 Å². The second-order valence-electron chi connectivity index (χ2n) is 2.75. The summed E-state index contributed by atoms with van der Waals surface area (Å²) < 4.78 is 4.77. The van der Waals surface area contributed by atoms with Crippen molar-refractivity contribution in [1.29, 1.82) is 5.26 Å². The zero-order valence-electron chi connectivity index (χ0n) is 8.16. The quantitative estimate of drug-likeness (QED) is 0.734. The van der Waals surface area contributed by atoms with Gasteiger partial charge in [-0.2, -0.15) is 5.26 Å². The van der Waals surface area contributed by atoms with Gasteiger partial charge in [0, 0.05) is 18.0 Å². The fourth-order valence-electron chi connectivity index (χ4n) is 1.06. The first kappa shape index (κ1) is 11.5. The number of hydrogen-bond donors (Lipinski definition) is 0. The number of carbonyl (C=O) groups is 1. The van der Waals surface area contributed by atoms with Crippen molar-refractivity contribution in [2.24, 2.45) is 0 Å². The third-order valence-electron chi connectivity index (χ3n) is 1.71. The fraction of sp³-hybridized carbons (Fsp3) is 0.300. The molecule has 0 fully saturated rings. The molecular weight excluding hydrogens is 216 g/mol. The first-order chi connectivity index (χ1) is 7.19. The van der Waals surface area contributed by atoms with Gasteiger partial charge >= 0.3 is 5.97 Å². The highest BCUT2D eigenvalue weighted by atomic mass is 35.5. The number of esters is 1. The van der Waals surface area contributed by atoms with Gasteiger partial charge in [-0.25, -0.2) is 0 Å². The van der Waals surface area contributed by atoms with Crippen LogP contribution in [-0.4, -0.2) is 17.6 Å².